The largest absolute Gasteiger partial charge is 0.495 e. The summed E-state index contributed by atoms with van der Waals surface area (Å²) in [5, 5.41) is 3.09. The van der Waals surface area contributed by atoms with E-state index in [1.807, 2.05) is 26.0 Å². The van der Waals surface area contributed by atoms with Crippen LogP contribution in [-0.4, -0.2) is 34.5 Å². The normalized spacial score (nSPS) is 11.2. The monoisotopic (exact) mass is 500 g/mol. The number of methoxy groups -OCH3 is 1. The lowest BCUT2D eigenvalue weighted by atomic mass is 10.1. The molecular formula is C26H29ClN2O4S. The molecule has 0 saturated heterocycles. The van der Waals surface area contributed by atoms with Gasteiger partial charge in [0.1, 0.15) is 12.3 Å². The van der Waals surface area contributed by atoms with Crippen LogP contribution in [0.2, 0.25) is 5.02 Å². The van der Waals surface area contributed by atoms with Crippen molar-refractivity contribution in [1.82, 2.24) is 5.32 Å². The Morgan fingerprint density at radius 3 is 2.38 bits per heavy atom. The van der Waals surface area contributed by atoms with Gasteiger partial charge in [-0.15, -0.1) is 0 Å². The first kappa shape index (κ1) is 25.6. The van der Waals surface area contributed by atoms with Gasteiger partial charge >= 0.3 is 0 Å². The first-order chi connectivity index (χ1) is 16.2. The Labute approximate surface area is 206 Å². The van der Waals surface area contributed by atoms with Crippen molar-refractivity contribution in [3.05, 3.63) is 88.4 Å². The fourth-order valence-electron chi connectivity index (χ4n) is 3.54. The summed E-state index contributed by atoms with van der Waals surface area (Å²) >= 11 is 6.25. The van der Waals surface area contributed by atoms with Gasteiger partial charge in [-0.05, 0) is 62.6 Å². The van der Waals surface area contributed by atoms with Gasteiger partial charge in [-0.25, -0.2) is 8.42 Å². The number of hydrogen-bond acceptors (Lipinski definition) is 4. The van der Waals surface area contributed by atoms with Gasteiger partial charge in [0.05, 0.1) is 22.7 Å². The van der Waals surface area contributed by atoms with Crippen molar-refractivity contribution in [2.24, 2.45) is 0 Å². The minimum atomic E-state index is -4.01. The predicted octanol–water partition coefficient (Wildman–Crippen LogP) is 4.91. The van der Waals surface area contributed by atoms with E-state index in [0.29, 0.717) is 12.3 Å². The number of sulfonamides is 1. The Bertz CT molecular complexity index is 1240. The average Bonchev–Trinajstić information content (AvgIpc) is 2.80. The maximum atomic E-state index is 13.5. The molecule has 3 rings (SSSR count). The van der Waals surface area contributed by atoms with Crippen LogP contribution in [0.5, 0.6) is 5.75 Å². The lowest BCUT2D eigenvalue weighted by Gasteiger charge is -2.24. The van der Waals surface area contributed by atoms with E-state index in [4.69, 9.17) is 16.3 Å². The summed E-state index contributed by atoms with van der Waals surface area (Å²) in [5.41, 5.74) is 3.60. The summed E-state index contributed by atoms with van der Waals surface area (Å²) in [5.74, 6) is 0.0190. The lowest BCUT2D eigenvalue weighted by Crippen LogP contribution is -2.41. The molecule has 0 aliphatic heterocycles. The van der Waals surface area contributed by atoms with Crippen LogP contribution in [0.4, 0.5) is 5.69 Å². The SMILES string of the molecule is COc1ccc(N(CC(=O)NCCCc2cccc(C)c2)S(=O)(=O)c2ccc(C)cc2)cc1Cl. The molecule has 0 aliphatic carbocycles. The van der Waals surface area contributed by atoms with Crippen LogP contribution in [0, 0.1) is 13.8 Å². The Morgan fingerprint density at radius 1 is 1.00 bits per heavy atom. The molecule has 0 spiro atoms. The molecule has 0 atom stereocenters. The van der Waals surface area contributed by atoms with Crippen LogP contribution in [-0.2, 0) is 21.2 Å². The summed E-state index contributed by atoms with van der Waals surface area (Å²) in [4.78, 5) is 12.9. The van der Waals surface area contributed by atoms with Gasteiger partial charge in [0.25, 0.3) is 10.0 Å². The van der Waals surface area contributed by atoms with E-state index in [1.165, 1.54) is 36.4 Å². The smallest absolute Gasteiger partial charge is 0.264 e. The van der Waals surface area contributed by atoms with Gasteiger partial charge in [-0.3, -0.25) is 9.10 Å². The van der Waals surface area contributed by atoms with Crippen LogP contribution in [0.25, 0.3) is 0 Å². The number of rotatable bonds is 10. The summed E-state index contributed by atoms with van der Waals surface area (Å²) in [6.07, 6.45) is 1.57. The number of carbonyl (C=O) groups excluding carboxylic acids is 1. The second kappa shape index (κ2) is 11.4. The summed E-state index contributed by atoms with van der Waals surface area (Å²) < 4.78 is 33.2. The molecule has 0 unspecified atom stereocenters. The molecule has 1 N–H and O–H groups in total. The average molecular weight is 501 g/mol. The van der Waals surface area contributed by atoms with E-state index in [2.05, 4.69) is 17.4 Å². The number of hydrogen-bond donors (Lipinski definition) is 1. The topological polar surface area (TPSA) is 75.7 Å². The first-order valence-corrected chi connectivity index (χ1v) is 12.8. The molecule has 3 aromatic rings. The number of nitrogens with zero attached hydrogens (tertiary/aromatic N) is 1. The zero-order valence-electron chi connectivity index (χ0n) is 19.5. The fraction of sp³-hybridized carbons (Fsp3) is 0.269. The molecule has 0 fully saturated rings. The van der Waals surface area contributed by atoms with Crippen molar-refractivity contribution >= 4 is 33.2 Å². The second-order valence-corrected chi connectivity index (χ2v) is 10.4. The quantitative estimate of drug-likeness (QED) is 0.401. The van der Waals surface area contributed by atoms with E-state index in [-0.39, 0.29) is 22.2 Å². The molecule has 0 heterocycles. The van der Waals surface area contributed by atoms with Crippen LogP contribution in [0.15, 0.2) is 71.6 Å². The minimum Gasteiger partial charge on any atom is -0.495 e. The first-order valence-electron chi connectivity index (χ1n) is 11.0. The third-order valence-corrected chi connectivity index (χ3v) is 7.45. The highest BCUT2D eigenvalue weighted by Crippen LogP contribution is 2.32. The van der Waals surface area contributed by atoms with Crippen molar-refractivity contribution < 1.29 is 17.9 Å². The van der Waals surface area contributed by atoms with Crippen LogP contribution in [0.1, 0.15) is 23.1 Å². The predicted molar refractivity (Wildman–Crippen MR) is 136 cm³/mol. The van der Waals surface area contributed by atoms with Crippen molar-refractivity contribution in [3.63, 3.8) is 0 Å². The van der Waals surface area contributed by atoms with Gasteiger partial charge < -0.3 is 10.1 Å². The Balaban J connectivity index is 1.76. The Hall–Kier alpha value is -3.03. The third kappa shape index (κ3) is 6.52. The molecule has 0 aliphatic rings. The number of halogens is 1. The van der Waals surface area contributed by atoms with E-state index in [9.17, 15) is 13.2 Å². The van der Waals surface area contributed by atoms with E-state index < -0.39 is 15.9 Å². The van der Waals surface area contributed by atoms with Crippen molar-refractivity contribution in [2.75, 3.05) is 24.5 Å². The number of aryl methyl sites for hydroxylation is 3. The molecular weight excluding hydrogens is 472 g/mol. The molecule has 0 radical (unpaired) electrons. The van der Waals surface area contributed by atoms with Crippen LogP contribution < -0.4 is 14.4 Å². The molecule has 3 aromatic carbocycles. The Kier molecular flexibility index (Phi) is 8.58. The van der Waals surface area contributed by atoms with Crippen LogP contribution in [0.3, 0.4) is 0 Å². The summed E-state index contributed by atoms with van der Waals surface area (Å²) in [6, 6.07) is 19.4. The molecule has 180 valence electrons. The van der Waals surface area contributed by atoms with Gasteiger partial charge in [0.15, 0.2) is 0 Å². The van der Waals surface area contributed by atoms with Gasteiger partial charge in [-0.1, -0.05) is 59.1 Å². The maximum Gasteiger partial charge on any atom is 0.264 e. The number of ether oxygens (including phenoxy) is 1. The van der Waals surface area contributed by atoms with Gasteiger partial charge in [-0.2, -0.15) is 0 Å². The molecule has 0 bridgehead atoms. The number of carbonyl (C=O) groups is 1. The zero-order valence-corrected chi connectivity index (χ0v) is 21.1. The molecule has 34 heavy (non-hydrogen) atoms. The molecule has 0 aromatic heterocycles. The van der Waals surface area contributed by atoms with E-state index in [0.717, 1.165) is 22.7 Å². The fourth-order valence-corrected chi connectivity index (χ4v) is 5.20. The molecule has 8 heteroatoms. The molecule has 1 amide bonds. The lowest BCUT2D eigenvalue weighted by molar-refractivity contribution is -0.119. The maximum absolute atomic E-state index is 13.5. The number of anilines is 1. The van der Waals surface area contributed by atoms with Gasteiger partial charge in [0, 0.05) is 6.54 Å². The second-order valence-electron chi connectivity index (χ2n) is 8.09. The third-order valence-electron chi connectivity index (χ3n) is 5.37. The van der Waals surface area contributed by atoms with Crippen LogP contribution >= 0.6 is 11.6 Å². The highest BCUT2D eigenvalue weighted by Gasteiger charge is 2.27. The molecule has 6 nitrogen and oxygen atoms in total. The van der Waals surface area contributed by atoms with Crippen molar-refractivity contribution in [3.8, 4) is 5.75 Å². The summed E-state index contributed by atoms with van der Waals surface area (Å²) in [6.45, 7) is 3.99. The van der Waals surface area contributed by atoms with E-state index in [1.54, 1.807) is 24.3 Å². The number of amides is 1. The van der Waals surface area contributed by atoms with Gasteiger partial charge in [0.2, 0.25) is 5.91 Å². The summed E-state index contributed by atoms with van der Waals surface area (Å²) in [7, 11) is -2.53. The highest BCUT2D eigenvalue weighted by molar-refractivity contribution is 7.92. The molecule has 0 saturated carbocycles. The highest BCUT2D eigenvalue weighted by atomic mass is 35.5. The van der Waals surface area contributed by atoms with Crippen molar-refractivity contribution in [2.45, 2.75) is 31.6 Å². The van der Waals surface area contributed by atoms with E-state index >= 15 is 0 Å². The minimum absolute atomic E-state index is 0.0947. The number of benzene rings is 3. The Morgan fingerprint density at radius 2 is 1.74 bits per heavy atom. The standard InChI is InChI=1S/C26H29ClN2O4S/c1-19-9-12-23(13-10-19)34(31,32)29(22-11-14-25(33-3)24(27)17-22)18-26(30)28-15-5-8-21-7-4-6-20(2)16-21/h4,6-7,9-14,16-17H,5,8,15,18H2,1-3H3,(H,28,30). The number of nitrogens with one attached hydrogen (secondary N) is 1. The zero-order chi connectivity index (χ0) is 24.7. The van der Waals surface area contributed by atoms with Crippen molar-refractivity contribution in [1.29, 1.82) is 0 Å².